The number of fused-ring (bicyclic) bond motifs is 1. The number of aromatic nitrogens is 2. The molecule has 3 amide bonds. The number of ether oxygens (including phenoxy) is 1. The predicted octanol–water partition coefficient (Wildman–Crippen LogP) is 1.53. The van der Waals surface area contributed by atoms with E-state index in [-0.39, 0.29) is 36.6 Å². The van der Waals surface area contributed by atoms with Crippen LogP contribution in [0.25, 0.3) is 10.9 Å². The highest BCUT2D eigenvalue weighted by molar-refractivity contribution is 5.99. The summed E-state index contributed by atoms with van der Waals surface area (Å²) in [5.41, 5.74) is 1.39. The number of nitrogens with zero attached hydrogens (tertiary/aromatic N) is 2. The zero-order valence-corrected chi connectivity index (χ0v) is 16.5. The number of benzene rings is 2. The lowest BCUT2D eigenvalue weighted by atomic mass is 10.1. The Balaban J connectivity index is 1.47. The zero-order valence-electron chi connectivity index (χ0n) is 16.5. The van der Waals surface area contributed by atoms with Crippen LogP contribution < -0.4 is 16.2 Å². The third-order valence-electron chi connectivity index (χ3n) is 4.96. The molecule has 1 fully saturated rings. The summed E-state index contributed by atoms with van der Waals surface area (Å²) in [6.45, 7) is 0.174. The molecular weight excluding hydrogens is 400 g/mol. The summed E-state index contributed by atoms with van der Waals surface area (Å²) in [6.07, 6.45) is 1.69. The van der Waals surface area contributed by atoms with E-state index < -0.39 is 17.5 Å². The summed E-state index contributed by atoms with van der Waals surface area (Å²) in [5, 5.41) is 5.19. The standard InChI is InChI=1S/C22H20N4O5/c27-19-9-8-18(21(29)25-19)26-13-23-17-7-6-15(10-16(17)22(26)30)24-20(28)12-31-11-14-4-2-1-3-5-14/h1-7,10,13,18H,8-9,11-12H2,(H,24,28)(H,25,27,29). The fourth-order valence-electron chi connectivity index (χ4n) is 3.42. The van der Waals surface area contributed by atoms with Gasteiger partial charge in [-0.1, -0.05) is 30.3 Å². The smallest absolute Gasteiger partial charge is 0.262 e. The molecule has 1 saturated heterocycles. The second kappa shape index (κ2) is 8.88. The lowest BCUT2D eigenvalue weighted by molar-refractivity contribution is -0.135. The van der Waals surface area contributed by atoms with Crippen molar-refractivity contribution in [1.29, 1.82) is 0 Å². The number of piperidine rings is 1. The summed E-state index contributed by atoms with van der Waals surface area (Å²) in [7, 11) is 0. The minimum Gasteiger partial charge on any atom is -0.367 e. The third-order valence-corrected chi connectivity index (χ3v) is 4.96. The number of anilines is 1. The molecule has 2 aromatic carbocycles. The van der Waals surface area contributed by atoms with E-state index in [0.717, 1.165) is 5.56 Å². The van der Waals surface area contributed by atoms with Gasteiger partial charge in [-0.05, 0) is 30.2 Å². The number of hydrogen-bond donors (Lipinski definition) is 2. The summed E-state index contributed by atoms with van der Waals surface area (Å²) >= 11 is 0. The fraction of sp³-hybridized carbons (Fsp3) is 0.227. The molecule has 158 valence electrons. The SMILES string of the molecule is O=C1CCC(n2cnc3ccc(NC(=O)COCc4ccccc4)cc3c2=O)C(=O)N1. The van der Waals surface area contributed by atoms with Crippen LogP contribution >= 0.6 is 0 Å². The van der Waals surface area contributed by atoms with Crippen molar-refractivity contribution >= 4 is 34.3 Å². The van der Waals surface area contributed by atoms with Crippen LogP contribution in [0.3, 0.4) is 0 Å². The monoisotopic (exact) mass is 420 g/mol. The maximum absolute atomic E-state index is 12.9. The van der Waals surface area contributed by atoms with Crippen LogP contribution in [0.15, 0.2) is 59.7 Å². The fourth-order valence-corrected chi connectivity index (χ4v) is 3.42. The molecule has 1 aromatic heterocycles. The van der Waals surface area contributed by atoms with Crippen molar-refractivity contribution in [1.82, 2.24) is 14.9 Å². The van der Waals surface area contributed by atoms with Gasteiger partial charge in [0, 0.05) is 12.1 Å². The van der Waals surface area contributed by atoms with Crippen LogP contribution in [-0.2, 0) is 25.7 Å². The van der Waals surface area contributed by atoms with Gasteiger partial charge >= 0.3 is 0 Å². The number of carbonyl (C=O) groups is 3. The Kier molecular flexibility index (Phi) is 5.85. The van der Waals surface area contributed by atoms with E-state index in [1.165, 1.54) is 17.0 Å². The van der Waals surface area contributed by atoms with E-state index in [4.69, 9.17) is 4.74 Å². The first-order chi connectivity index (χ1) is 15.0. The molecule has 0 radical (unpaired) electrons. The molecule has 0 aliphatic carbocycles. The van der Waals surface area contributed by atoms with Crippen LogP contribution in [0.2, 0.25) is 0 Å². The maximum Gasteiger partial charge on any atom is 0.262 e. The number of nitrogens with one attached hydrogen (secondary N) is 2. The Hall–Kier alpha value is -3.85. The van der Waals surface area contributed by atoms with Gasteiger partial charge in [0.15, 0.2) is 0 Å². The van der Waals surface area contributed by atoms with Gasteiger partial charge in [0.1, 0.15) is 12.6 Å². The second-order valence-corrected chi connectivity index (χ2v) is 7.18. The molecule has 2 N–H and O–H groups in total. The predicted molar refractivity (Wildman–Crippen MR) is 112 cm³/mol. The van der Waals surface area contributed by atoms with Crippen molar-refractivity contribution in [3.63, 3.8) is 0 Å². The molecule has 0 bridgehead atoms. The first-order valence-electron chi connectivity index (χ1n) is 9.77. The molecule has 1 aliphatic heterocycles. The Bertz CT molecular complexity index is 1210. The highest BCUT2D eigenvalue weighted by atomic mass is 16.5. The van der Waals surface area contributed by atoms with Gasteiger partial charge in [0.05, 0.1) is 23.8 Å². The van der Waals surface area contributed by atoms with E-state index in [2.05, 4.69) is 15.6 Å². The zero-order chi connectivity index (χ0) is 21.8. The van der Waals surface area contributed by atoms with Crippen molar-refractivity contribution in [2.24, 2.45) is 0 Å². The first kappa shape index (κ1) is 20.4. The van der Waals surface area contributed by atoms with Gasteiger partial charge in [-0.15, -0.1) is 0 Å². The Morgan fingerprint density at radius 3 is 2.74 bits per heavy atom. The molecule has 3 aromatic rings. The summed E-state index contributed by atoms with van der Waals surface area (Å²) in [4.78, 5) is 52.9. The molecule has 0 saturated carbocycles. The van der Waals surface area contributed by atoms with Gasteiger partial charge in [-0.25, -0.2) is 4.98 Å². The molecular formula is C22H20N4O5. The summed E-state index contributed by atoms with van der Waals surface area (Å²) < 4.78 is 6.64. The minimum atomic E-state index is -0.799. The molecule has 1 atom stereocenters. The van der Waals surface area contributed by atoms with Crippen molar-refractivity contribution in [3.05, 3.63) is 70.8 Å². The van der Waals surface area contributed by atoms with Crippen LogP contribution in [0.4, 0.5) is 5.69 Å². The number of hydrogen-bond acceptors (Lipinski definition) is 6. The van der Waals surface area contributed by atoms with Crippen LogP contribution in [0.1, 0.15) is 24.4 Å². The quantitative estimate of drug-likeness (QED) is 0.584. The van der Waals surface area contributed by atoms with E-state index in [9.17, 15) is 19.2 Å². The van der Waals surface area contributed by atoms with Crippen molar-refractivity contribution < 1.29 is 19.1 Å². The molecule has 9 nitrogen and oxygen atoms in total. The topological polar surface area (TPSA) is 119 Å². The largest absolute Gasteiger partial charge is 0.367 e. The molecule has 1 unspecified atom stereocenters. The highest BCUT2D eigenvalue weighted by Crippen LogP contribution is 2.19. The number of imide groups is 1. The van der Waals surface area contributed by atoms with E-state index in [1.807, 2.05) is 30.3 Å². The van der Waals surface area contributed by atoms with E-state index in [1.54, 1.807) is 12.1 Å². The van der Waals surface area contributed by atoms with Crippen molar-refractivity contribution in [3.8, 4) is 0 Å². The van der Waals surface area contributed by atoms with Gasteiger partial charge in [0.25, 0.3) is 5.56 Å². The summed E-state index contributed by atoms with van der Waals surface area (Å²) in [6, 6.07) is 13.5. The molecule has 0 spiro atoms. The van der Waals surface area contributed by atoms with E-state index >= 15 is 0 Å². The molecule has 9 heteroatoms. The van der Waals surface area contributed by atoms with Crippen molar-refractivity contribution in [2.75, 3.05) is 11.9 Å². The van der Waals surface area contributed by atoms with Crippen LogP contribution in [0, 0.1) is 0 Å². The number of carbonyl (C=O) groups excluding carboxylic acids is 3. The Morgan fingerprint density at radius 2 is 1.97 bits per heavy atom. The number of amides is 3. The molecule has 31 heavy (non-hydrogen) atoms. The number of rotatable bonds is 6. The molecule has 4 rings (SSSR count). The van der Waals surface area contributed by atoms with Gasteiger partial charge in [-0.3, -0.25) is 29.1 Å². The summed E-state index contributed by atoms with van der Waals surface area (Å²) in [5.74, 6) is -1.24. The normalized spacial score (nSPS) is 16.2. The van der Waals surface area contributed by atoms with E-state index in [0.29, 0.717) is 17.8 Å². The van der Waals surface area contributed by atoms with Crippen molar-refractivity contribution in [2.45, 2.75) is 25.5 Å². The lowest BCUT2D eigenvalue weighted by Gasteiger charge is -2.22. The lowest BCUT2D eigenvalue weighted by Crippen LogP contribution is -2.44. The molecule has 1 aliphatic rings. The maximum atomic E-state index is 12.9. The average Bonchev–Trinajstić information content (AvgIpc) is 2.76. The highest BCUT2D eigenvalue weighted by Gasteiger charge is 2.29. The van der Waals surface area contributed by atoms with Crippen LogP contribution in [0.5, 0.6) is 0 Å². The van der Waals surface area contributed by atoms with Gasteiger partial charge in [-0.2, -0.15) is 0 Å². The second-order valence-electron chi connectivity index (χ2n) is 7.18. The minimum absolute atomic E-state index is 0.138. The van der Waals surface area contributed by atoms with Crippen LogP contribution in [-0.4, -0.2) is 33.9 Å². The van der Waals surface area contributed by atoms with Gasteiger partial charge in [0.2, 0.25) is 17.7 Å². The first-order valence-corrected chi connectivity index (χ1v) is 9.77. The Labute approximate surface area is 177 Å². The third kappa shape index (κ3) is 4.67. The van der Waals surface area contributed by atoms with Gasteiger partial charge < -0.3 is 10.1 Å². The Morgan fingerprint density at radius 1 is 1.16 bits per heavy atom. The average molecular weight is 420 g/mol. The molecule has 2 heterocycles.